The number of unbranched alkanes of at least 4 members (excludes halogenated alkanes) is 6. The minimum atomic E-state index is -5.54. The number of aromatic hydroxyl groups is 1. The second kappa shape index (κ2) is 13.7. The van der Waals surface area contributed by atoms with Crippen LogP contribution in [0.2, 0.25) is 0 Å². The van der Waals surface area contributed by atoms with Crippen molar-refractivity contribution in [2.45, 2.75) is 127 Å². The lowest BCUT2D eigenvalue weighted by Crippen LogP contribution is -2.47. The van der Waals surface area contributed by atoms with E-state index in [1.54, 1.807) is 0 Å². The zero-order valence-corrected chi connectivity index (χ0v) is 25.1. The number of alkyl halides is 5. The molecule has 9 heteroatoms. The monoisotopic (exact) mass is 606 g/mol. The van der Waals surface area contributed by atoms with Crippen LogP contribution in [0.1, 0.15) is 114 Å². The number of aliphatic hydroxyl groups is 1. The van der Waals surface area contributed by atoms with E-state index in [4.69, 9.17) is 0 Å². The van der Waals surface area contributed by atoms with Gasteiger partial charge in [0.2, 0.25) is 0 Å². The van der Waals surface area contributed by atoms with Crippen molar-refractivity contribution < 1.29 is 36.7 Å². The zero-order chi connectivity index (χ0) is 29.8. The van der Waals surface area contributed by atoms with Gasteiger partial charge in [-0.15, -0.1) is 0 Å². The average Bonchev–Trinajstić information content (AvgIpc) is 3.20. The Morgan fingerprint density at radius 1 is 0.927 bits per heavy atom. The van der Waals surface area contributed by atoms with E-state index in [0.717, 1.165) is 77.0 Å². The summed E-state index contributed by atoms with van der Waals surface area (Å²) in [6.07, 6.45) is 5.97. The number of aliphatic hydroxyl groups excluding tert-OH is 1. The predicted molar refractivity (Wildman–Crippen MR) is 153 cm³/mol. The molecule has 0 heterocycles. The average molecular weight is 607 g/mol. The van der Waals surface area contributed by atoms with Crippen molar-refractivity contribution in [3.63, 3.8) is 0 Å². The summed E-state index contributed by atoms with van der Waals surface area (Å²) in [6.45, 7) is 2.30. The number of hydrogen-bond donors (Lipinski definition) is 2. The van der Waals surface area contributed by atoms with Crippen LogP contribution < -0.4 is 0 Å². The Morgan fingerprint density at radius 3 is 2.29 bits per heavy atom. The largest absolute Gasteiger partial charge is 0.616 e. The topological polar surface area (TPSA) is 63.5 Å². The predicted octanol–water partition coefficient (Wildman–Crippen LogP) is 8.68. The Bertz CT molecular complexity index is 989. The molecule has 3 nitrogen and oxygen atoms in total. The van der Waals surface area contributed by atoms with Crippen molar-refractivity contribution in [1.29, 1.82) is 0 Å². The standard InChI is InChI=1S/C32H47F5O3S/c1-30-17-15-26-25-12-11-24(38)21-23(25)20-22(29(26)27(30)13-14-28(30)39)10-7-5-3-2-4-6-8-18-41(40)19-9-16-31(33,34)32(35,36)37/h11-12,21-22,26-29,38-39H,2-10,13-20H2,1H3/t22-,26-,27+,28-,29-,30+,41?/m1/s1. The third-order valence-electron chi connectivity index (χ3n) is 10.6. The molecule has 7 atom stereocenters. The molecule has 0 radical (unpaired) electrons. The molecular weight excluding hydrogens is 559 g/mol. The maximum Gasteiger partial charge on any atom is 0.453 e. The highest BCUT2D eigenvalue weighted by Gasteiger charge is 2.57. The molecule has 0 spiro atoms. The molecule has 3 aliphatic carbocycles. The van der Waals surface area contributed by atoms with Crippen LogP contribution in [0.5, 0.6) is 5.75 Å². The number of phenols is 1. The molecule has 41 heavy (non-hydrogen) atoms. The molecular formula is C32H47F5O3S. The fraction of sp³-hybridized carbons (Fsp3) is 0.812. The SMILES string of the molecule is C[C@]12CC[C@@H]3c4ccc(O)cc4C[C@@H](CCCCCCCCC[S+]([O-])CCCC(F)(F)C(F)(F)F)[C@H]3[C@@H]1CC[C@H]2O. The van der Waals surface area contributed by atoms with E-state index in [9.17, 15) is 36.7 Å². The lowest BCUT2D eigenvalue weighted by atomic mass is 9.52. The first-order valence-corrected chi connectivity index (χ1v) is 17.1. The highest BCUT2D eigenvalue weighted by atomic mass is 32.2. The van der Waals surface area contributed by atoms with E-state index in [1.165, 1.54) is 11.1 Å². The van der Waals surface area contributed by atoms with Gasteiger partial charge in [-0.3, -0.25) is 0 Å². The van der Waals surface area contributed by atoms with Crippen LogP contribution in [-0.2, 0) is 17.6 Å². The molecule has 0 aliphatic heterocycles. The van der Waals surface area contributed by atoms with Gasteiger partial charge in [0.05, 0.1) is 6.10 Å². The first-order chi connectivity index (χ1) is 19.3. The molecule has 0 bridgehead atoms. The van der Waals surface area contributed by atoms with Crippen molar-refractivity contribution >= 4 is 11.2 Å². The van der Waals surface area contributed by atoms with Gasteiger partial charge in [0.15, 0.2) is 0 Å². The minimum Gasteiger partial charge on any atom is -0.616 e. The quantitative estimate of drug-likeness (QED) is 0.127. The summed E-state index contributed by atoms with van der Waals surface area (Å²) in [5.74, 6) is -1.91. The van der Waals surface area contributed by atoms with Crippen molar-refractivity contribution in [1.82, 2.24) is 0 Å². The molecule has 2 N–H and O–H groups in total. The van der Waals surface area contributed by atoms with Gasteiger partial charge >= 0.3 is 12.1 Å². The van der Waals surface area contributed by atoms with Crippen LogP contribution in [0.4, 0.5) is 22.0 Å². The van der Waals surface area contributed by atoms with E-state index in [-0.39, 0.29) is 17.3 Å². The molecule has 1 aromatic rings. The minimum absolute atomic E-state index is 0.0195. The summed E-state index contributed by atoms with van der Waals surface area (Å²) in [7, 11) is 0. The fourth-order valence-corrected chi connectivity index (χ4v) is 9.48. The van der Waals surface area contributed by atoms with Crippen LogP contribution >= 0.6 is 0 Å². The van der Waals surface area contributed by atoms with E-state index in [1.807, 2.05) is 12.1 Å². The van der Waals surface area contributed by atoms with Crippen LogP contribution in [0.3, 0.4) is 0 Å². The summed E-state index contributed by atoms with van der Waals surface area (Å²) in [6, 6.07) is 5.92. The third-order valence-corrected chi connectivity index (χ3v) is 12.0. The van der Waals surface area contributed by atoms with Gasteiger partial charge in [0.1, 0.15) is 17.3 Å². The van der Waals surface area contributed by atoms with Gasteiger partial charge < -0.3 is 14.8 Å². The van der Waals surface area contributed by atoms with Crippen LogP contribution in [0.15, 0.2) is 18.2 Å². The van der Waals surface area contributed by atoms with Crippen molar-refractivity contribution in [2.75, 3.05) is 11.5 Å². The van der Waals surface area contributed by atoms with Crippen LogP contribution in [0.25, 0.3) is 0 Å². The van der Waals surface area contributed by atoms with Gasteiger partial charge in [0.25, 0.3) is 0 Å². The Kier molecular flexibility index (Phi) is 11.0. The molecule has 0 amide bonds. The summed E-state index contributed by atoms with van der Waals surface area (Å²) in [4.78, 5) is 0. The summed E-state index contributed by atoms with van der Waals surface area (Å²) in [5, 5.41) is 21.0. The van der Waals surface area contributed by atoms with Crippen molar-refractivity contribution in [3.05, 3.63) is 29.3 Å². The Hall–Kier alpha value is -1.06. The molecule has 0 aromatic heterocycles. The van der Waals surface area contributed by atoms with Crippen molar-refractivity contribution in [3.8, 4) is 5.75 Å². The van der Waals surface area contributed by atoms with Gasteiger partial charge in [-0.25, -0.2) is 0 Å². The molecule has 4 rings (SSSR count). The number of rotatable bonds is 14. The fourth-order valence-electron chi connectivity index (χ4n) is 8.28. The number of fused-ring (bicyclic) bond motifs is 5. The van der Waals surface area contributed by atoms with Crippen LogP contribution in [-0.4, -0.2) is 44.5 Å². The second-order valence-electron chi connectivity index (χ2n) is 13.2. The van der Waals surface area contributed by atoms with Gasteiger partial charge in [-0.05, 0) is 110 Å². The first-order valence-electron chi connectivity index (χ1n) is 15.6. The Morgan fingerprint density at radius 2 is 1.59 bits per heavy atom. The molecule has 1 unspecified atom stereocenters. The maximum absolute atomic E-state index is 13.0. The van der Waals surface area contributed by atoms with E-state index >= 15 is 0 Å². The molecule has 2 saturated carbocycles. The summed E-state index contributed by atoms with van der Waals surface area (Å²) >= 11 is -1.35. The third kappa shape index (κ3) is 7.72. The molecule has 3 aliphatic rings. The van der Waals surface area contributed by atoms with Gasteiger partial charge in [-0.1, -0.05) is 56.3 Å². The number of hydrogen-bond acceptors (Lipinski definition) is 3. The first kappa shape index (κ1) is 32.8. The number of benzene rings is 1. The summed E-state index contributed by atoms with van der Waals surface area (Å²) < 4.78 is 74.5. The molecule has 1 aromatic carbocycles. The normalized spacial score (nSPS) is 30.5. The smallest absolute Gasteiger partial charge is 0.453 e. The molecule has 234 valence electrons. The highest BCUT2D eigenvalue weighted by Crippen LogP contribution is 2.62. The highest BCUT2D eigenvalue weighted by molar-refractivity contribution is 7.91. The van der Waals surface area contributed by atoms with E-state index in [2.05, 4.69) is 13.0 Å². The number of halogens is 5. The summed E-state index contributed by atoms with van der Waals surface area (Å²) in [5.41, 5.74) is 2.73. The van der Waals surface area contributed by atoms with Crippen molar-refractivity contribution in [2.24, 2.45) is 23.2 Å². The second-order valence-corrected chi connectivity index (χ2v) is 14.9. The van der Waals surface area contributed by atoms with Gasteiger partial charge in [-0.2, -0.15) is 22.0 Å². The molecule has 2 fully saturated rings. The molecule has 0 saturated heterocycles. The van der Waals surface area contributed by atoms with Crippen LogP contribution in [0, 0.1) is 23.2 Å². The van der Waals surface area contributed by atoms with E-state index < -0.39 is 36.1 Å². The number of phenolic OH excluding ortho intramolecular Hbond substituents is 1. The lowest BCUT2D eigenvalue weighted by Gasteiger charge is -2.53. The Labute approximate surface area is 244 Å². The lowest BCUT2D eigenvalue weighted by molar-refractivity contribution is -0.284. The zero-order valence-electron chi connectivity index (χ0n) is 24.2. The van der Waals surface area contributed by atoms with E-state index in [0.29, 0.717) is 41.6 Å². The van der Waals surface area contributed by atoms with Gasteiger partial charge in [0, 0.05) is 6.42 Å². The Balaban J connectivity index is 1.15. The maximum atomic E-state index is 13.0.